The minimum atomic E-state index is 0.116. The van der Waals surface area contributed by atoms with Crippen LogP contribution < -0.4 is 10.6 Å². The van der Waals surface area contributed by atoms with E-state index in [1.807, 2.05) is 12.4 Å². The van der Waals surface area contributed by atoms with Gasteiger partial charge in [-0.05, 0) is 77.2 Å². The molecule has 2 heterocycles. The molecule has 0 saturated carbocycles. The number of nitrogens with zero attached hydrogens (tertiary/aromatic N) is 3. The Morgan fingerprint density at radius 3 is 2.68 bits per heavy atom. The molecule has 5 nitrogen and oxygen atoms in total. The first-order valence-electron chi connectivity index (χ1n) is 9.69. The molecular weight excluding hydrogens is 310 g/mol. The van der Waals surface area contributed by atoms with Crippen molar-refractivity contribution in [2.45, 2.75) is 58.9 Å². The Hall–Kier alpha value is -1.62. The Morgan fingerprint density at radius 2 is 2.00 bits per heavy atom. The predicted octanol–water partition coefficient (Wildman–Crippen LogP) is 2.75. The van der Waals surface area contributed by atoms with Crippen molar-refractivity contribution in [1.82, 2.24) is 20.5 Å². The van der Waals surface area contributed by atoms with Gasteiger partial charge in [0.05, 0.1) is 6.54 Å². The summed E-state index contributed by atoms with van der Waals surface area (Å²) < 4.78 is 0. The Labute approximate surface area is 153 Å². The van der Waals surface area contributed by atoms with Crippen LogP contribution in [-0.2, 0) is 6.42 Å². The highest BCUT2D eigenvalue weighted by atomic mass is 15.2. The fourth-order valence-electron chi connectivity index (χ4n) is 3.31. The number of hydrogen-bond donors (Lipinski definition) is 2. The molecule has 1 aromatic heterocycles. The van der Waals surface area contributed by atoms with Crippen LogP contribution >= 0.6 is 0 Å². The molecule has 0 unspecified atom stereocenters. The molecule has 1 fully saturated rings. The SMILES string of the molecule is CCNC(=NCC(C)(C)N1CCCCC1)NCCc1ccncc1C. The molecular formula is C20H35N5. The lowest BCUT2D eigenvalue weighted by Crippen LogP contribution is -2.49. The van der Waals surface area contributed by atoms with E-state index in [1.54, 1.807) is 0 Å². The summed E-state index contributed by atoms with van der Waals surface area (Å²) in [6.45, 7) is 13.8. The molecule has 5 heteroatoms. The van der Waals surface area contributed by atoms with Crippen molar-refractivity contribution in [3.63, 3.8) is 0 Å². The molecule has 1 aromatic rings. The number of aliphatic imine (C=N–C) groups is 1. The van der Waals surface area contributed by atoms with Gasteiger partial charge >= 0.3 is 0 Å². The van der Waals surface area contributed by atoms with E-state index in [1.165, 1.54) is 43.5 Å². The van der Waals surface area contributed by atoms with Crippen LogP contribution in [0.2, 0.25) is 0 Å². The normalized spacial score (nSPS) is 16.7. The average Bonchev–Trinajstić information content (AvgIpc) is 2.62. The van der Waals surface area contributed by atoms with E-state index in [4.69, 9.17) is 4.99 Å². The van der Waals surface area contributed by atoms with E-state index in [-0.39, 0.29) is 5.54 Å². The van der Waals surface area contributed by atoms with Crippen LogP contribution in [-0.4, -0.2) is 54.1 Å². The number of rotatable bonds is 7. The van der Waals surface area contributed by atoms with Gasteiger partial charge in [-0.2, -0.15) is 0 Å². The zero-order valence-electron chi connectivity index (χ0n) is 16.4. The van der Waals surface area contributed by atoms with Crippen LogP contribution in [0, 0.1) is 6.92 Å². The zero-order valence-corrected chi connectivity index (χ0v) is 16.4. The molecule has 1 aliphatic rings. The molecule has 0 bridgehead atoms. The van der Waals surface area contributed by atoms with E-state index >= 15 is 0 Å². The van der Waals surface area contributed by atoms with Crippen molar-refractivity contribution in [1.29, 1.82) is 0 Å². The molecule has 140 valence electrons. The monoisotopic (exact) mass is 345 g/mol. The lowest BCUT2D eigenvalue weighted by molar-refractivity contribution is 0.102. The fraction of sp³-hybridized carbons (Fsp3) is 0.700. The summed E-state index contributed by atoms with van der Waals surface area (Å²) in [6, 6.07) is 2.10. The minimum absolute atomic E-state index is 0.116. The van der Waals surface area contributed by atoms with Crippen LogP contribution in [0.1, 0.15) is 51.2 Å². The maximum atomic E-state index is 4.85. The number of aryl methyl sites for hydroxylation is 1. The molecule has 25 heavy (non-hydrogen) atoms. The van der Waals surface area contributed by atoms with Gasteiger partial charge < -0.3 is 10.6 Å². The van der Waals surface area contributed by atoms with Gasteiger partial charge in [-0.25, -0.2) is 0 Å². The van der Waals surface area contributed by atoms with Crippen molar-refractivity contribution in [3.8, 4) is 0 Å². The summed E-state index contributed by atoms with van der Waals surface area (Å²) in [4.78, 5) is 11.6. The quantitative estimate of drug-likeness (QED) is 0.589. The van der Waals surface area contributed by atoms with Gasteiger partial charge in [-0.1, -0.05) is 6.42 Å². The molecule has 2 N–H and O–H groups in total. The average molecular weight is 346 g/mol. The topological polar surface area (TPSA) is 52.6 Å². The Bertz CT molecular complexity index is 547. The molecule has 0 spiro atoms. The minimum Gasteiger partial charge on any atom is -0.357 e. The first-order valence-corrected chi connectivity index (χ1v) is 9.69. The molecule has 1 aliphatic heterocycles. The Balaban J connectivity index is 1.87. The van der Waals surface area contributed by atoms with Crippen LogP contribution in [0.15, 0.2) is 23.5 Å². The van der Waals surface area contributed by atoms with Gasteiger partial charge in [0.15, 0.2) is 5.96 Å². The zero-order chi connectivity index (χ0) is 18.1. The first-order chi connectivity index (χ1) is 12.0. The molecule has 0 atom stereocenters. The second kappa shape index (κ2) is 9.76. The largest absolute Gasteiger partial charge is 0.357 e. The lowest BCUT2D eigenvalue weighted by atomic mass is 9.99. The number of pyridine rings is 1. The van der Waals surface area contributed by atoms with Crippen molar-refractivity contribution in [3.05, 3.63) is 29.6 Å². The van der Waals surface area contributed by atoms with E-state index in [0.717, 1.165) is 32.0 Å². The maximum Gasteiger partial charge on any atom is 0.191 e. The highest BCUT2D eigenvalue weighted by Crippen LogP contribution is 2.20. The van der Waals surface area contributed by atoms with E-state index in [0.29, 0.717) is 0 Å². The summed E-state index contributed by atoms with van der Waals surface area (Å²) in [6.07, 6.45) is 8.77. The number of aromatic nitrogens is 1. The van der Waals surface area contributed by atoms with E-state index in [9.17, 15) is 0 Å². The smallest absolute Gasteiger partial charge is 0.191 e. The summed E-state index contributed by atoms with van der Waals surface area (Å²) in [7, 11) is 0. The number of piperidine rings is 1. The number of hydrogen-bond acceptors (Lipinski definition) is 3. The van der Waals surface area contributed by atoms with Crippen LogP contribution in [0.4, 0.5) is 0 Å². The highest BCUT2D eigenvalue weighted by Gasteiger charge is 2.27. The van der Waals surface area contributed by atoms with Crippen LogP contribution in [0.3, 0.4) is 0 Å². The second-order valence-electron chi connectivity index (χ2n) is 7.53. The predicted molar refractivity (Wildman–Crippen MR) is 106 cm³/mol. The van der Waals surface area contributed by atoms with E-state index < -0.39 is 0 Å². The van der Waals surface area contributed by atoms with Gasteiger partial charge in [-0.3, -0.25) is 14.9 Å². The van der Waals surface area contributed by atoms with Crippen molar-refractivity contribution >= 4 is 5.96 Å². The van der Waals surface area contributed by atoms with Gasteiger partial charge in [0.2, 0.25) is 0 Å². The lowest BCUT2D eigenvalue weighted by Gasteiger charge is -2.40. The number of likely N-dealkylation sites (tertiary alicyclic amines) is 1. The number of guanidine groups is 1. The third-order valence-corrected chi connectivity index (χ3v) is 5.00. The van der Waals surface area contributed by atoms with Crippen molar-refractivity contribution < 1.29 is 0 Å². The molecule has 0 amide bonds. The first kappa shape index (κ1) is 19.7. The molecule has 0 aliphatic carbocycles. The van der Waals surface area contributed by atoms with E-state index in [2.05, 4.69) is 54.3 Å². The van der Waals surface area contributed by atoms with Crippen LogP contribution in [0.5, 0.6) is 0 Å². The Morgan fingerprint density at radius 1 is 1.24 bits per heavy atom. The fourth-order valence-corrected chi connectivity index (χ4v) is 3.31. The molecule has 0 aromatic carbocycles. The number of nitrogens with one attached hydrogen (secondary N) is 2. The molecule has 2 rings (SSSR count). The van der Waals surface area contributed by atoms with Gasteiger partial charge in [0.25, 0.3) is 0 Å². The third kappa shape index (κ3) is 6.31. The summed E-state index contributed by atoms with van der Waals surface area (Å²) in [5.74, 6) is 0.916. The molecule has 1 saturated heterocycles. The standard InChI is InChI=1S/C20H35N5/c1-5-22-19(23-12-10-18-9-11-21-15-17(18)2)24-16-20(3,4)25-13-7-6-8-14-25/h9,11,15H,5-8,10,12-14,16H2,1-4H3,(H2,22,23,24). The van der Waals surface area contributed by atoms with Crippen molar-refractivity contribution in [2.24, 2.45) is 4.99 Å². The molecule has 0 radical (unpaired) electrons. The Kier molecular flexibility index (Phi) is 7.69. The summed E-state index contributed by atoms with van der Waals surface area (Å²) in [5, 5.41) is 6.84. The van der Waals surface area contributed by atoms with Crippen LogP contribution in [0.25, 0.3) is 0 Å². The van der Waals surface area contributed by atoms with Gasteiger partial charge in [0.1, 0.15) is 0 Å². The highest BCUT2D eigenvalue weighted by molar-refractivity contribution is 5.79. The second-order valence-corrected chi connectivity index (χ2v) is 7.53. The summed E-state index contributed by atoms with van der Waals surface area (Å²) in [5.41, 5.74) is 2.70. The third-order valence-electron chi connectivity index (χ3n) is 5.00. The maximum absolute atomic E-state index is 4.85. The van der Waals surface area contributed by atoms with Gasteiger partial charge in [0, 0.05) is 31.0 Å². The summed E-state index contributed by atoms with van der Waals surface area (Å²) >= 11 is 0. The van der Waals surface area contributed by atoms with Gasteiger partial charge in [-0.15, -0.1) is 0 Å². The van der Waals surface area contributed by atoms with Crippen molar-refractivity contribution in [2.75, 3.05) is 32.7 Å².